The van der Waals surface area contributed by atoms with Gasteiger partial charge in [0.1, 0.15) is 5.75 Å². The third-order valence-corrected chi connectivity index (χ3v) is 4.88. The Morgan fingerprint density at radius 2 is 2.26 bits per heavy atom. The number of rotatable bonds is 3. The Morgan fingerprint density at radius 3 is 2.91 bits per heavy atom. The van der Waals surface area contributed by atoms with Crippen molar-refractivity contribution in [3.05, 3.63) is 43.2 Å². The Morgan fingerprint density at radius 1 is 1.48 bits per heavy atom. The van der Waals surface area contributed by atoms with E-state index in [0.717, 1.165) is 11.0 Å². The van der Waals surface area contributed by atoms with Crippen molar-refractivity contribution in [2.45, 2.75) is 6.92 Å². The van der Waals surface area contributed by atoms with Crippen molar-refractivity contribution in [1.82, 2.24) is 4.57 Å². The average molecular weight is 346 g/mol. The lowest BCUT2D eigenvalue weighted by Crippen LogP contribution is -2.30. The fourth-order valence-corrected chi connectivity index (χ4v) is 3.39. The summed E-state index contributed by atoms with van der Waals surface area (Å²) in [7, 11) is 1.68. The molecule has 118 valence electrons. The van der Waals surface area contributed by atoms with Crippen LogP contribution in [0.5, 0.6) is 11.6 Å². The van der Waals surface area contributed by atoms with Crippen LogP contribution in [0.4, 0.5) is 0 Å². The summed E-state index contributed by atoms with van der Waals surface area (Å²) < 4.78 is 7.50. The molecule has 3 rings (SSSR count). The van der Waals surface area contributed by atoms with Crippen LogP contribution in [0.3, 0.4) is 0 Å². The number of nitrogens with zero attached hydrogens (tertiary/aromatic N) is 2. The second-order valence-electron chi connectivity index (χ2n) is 4.93. The van der Waals surface area contributed by atoms with Crippen LogP contribution in [-0.4, -0.2) is 22.2 Å². The van der Waals surface area contributed by atoms with Crippen molar-refractivity contribution in [1.29, 1.82) is 0 Å². The molecule has 1 N–H and O–H groups in total. The van der Waals surface area contributed by atoms with Crippen LogP contribution in [0.15, 0.2) is 28.8 Å². The van der Waals surface area contributed by atoms with Gasteiger partial charge < -0.3 is 9.84 Å². The first-order chi connectivity index (χ1) is 11.0. The SMILES string of the molecule is CCOc1ccc2c(c1)=C/C(=C\c1sc(=S)n(C)c1O)C(=O)N=2. The lowest BCUT2D eigenvalue weighted by Gasteiger charge is -2.06. The third kappa shape index (κ3) is 2.97. The topological polar surface area (TPSA) is 63.8 Å². The molecule has 7 heteroatoms. The van der Waals surface area contributed by atoms with Crippen LogP contribution >= 0.6 is 23.6 Å². The Kier molecular flexibility index (Phi) is 4.14. The van der Waals surface area contributed by atoms with Crippen molar-refractivity contribution in [3.8, 4) is 11.6 Å². The highest BCUT2D eigenvalue weighted by Gasteiger charge is 2.14. The van der Waals surface area contributed by atoms with Gasteiger partial charge in [-0.1, -0.05) is 0 Å². The van der Waals surface area contributed by atoms with Crippen molar-refractivity contribution < 1.29 is 14.6 Å². The lowest BCUT2D eigenvalue weighted by molar-refractivity contribution is -0.114. The number of fused-ring (bicyclic) bond motifs is 1. The van der Waals surface area contributed by atoms with E-state index in [1.807, 2.05) is 13.0 Å². The summed E-state index contributed by atoms with van der Waals surface area (Å²) in [5.74, 6) is 0.426. The van der Waals surface area contributed by atoms with Gasteiger partial charge in [-0.3, -0.25) is 9.36 Å². The number of amides is 1. The second kappa shape index (κ2) is 6.10. The number of carbonyl (C=O) groups excluding carboxylic acids is 1. The Hall–Kier alpha value is -2.25. The summed E-state index contributed by atoms with van der Waals surface area (Å²) in [6.45, 7) is 2.48. The van der Waals surface area contributed by atoms with Gasteiger partial charge in [-0.05, 0) is 49.5 Å². The summed E-state index contributed by atoms with van der Waals surface area (Å²) in [5.41, 5.74) is 0.401. The molecule has 5 nitrogen and oxygen atoms in total. The number of aromatic hydroxyl groups is 1. The van der Waals surface area contributed by atoms with Crippen LogP contribution in [0.25, 0.3) is 12.2 Å². The van der Waals surface area contributed by atoms with E-state index in [1.54, 1.807) is 31.3 Å². The molecule has 0 spiro atoms. The van der Waals surface area contributed by atoms with E-state index in [9.17, 15) is 9.90 Å². The zero-order chi connectivity index (χ0) is 16.6. The van der Waals surface area contributed by atoms with E-state index in [-0.39, 0.29) is 11.8 Å². The van der Waals surface area contributed by atoms with Crippen LogP contribution in [0.1, 0.15) is 11.8 Å². The zero-order valence-corrected chi connectivity index (χ0v) is 14.2. The van der Waals surface area contributed by atoms with E-state index in [4.69, 9.17) is 17.0 Å². The fourth-order valence-electron chi connectivity index (χ4n) is 2.21. The highest BCUT2D eigenvalue weighted by Crippen LogP contribution is 2.27. The molecule has 1 aromatic heterocycles. The number of benzene rings is 1. The number of hydrogen-bond acceptors (Lipinski definition) is 5. The number of hydrogen-bond donors (Lipinski definition) is 1. The van der Waals surface area contributed by atoms with Crippen LogP contribution in [0, 0.1) is 3.95 Å². The molecule has 0 fully saturated rings. The Bertz CT molecular complexity index is 999. The Labute approximate surface area is 141 Å². The molecule has 1 amide bonds. The predicted octanol–water partition coefficient (Wildman–Crippen LogP) is 1.94. The third-order valence-electron chi connectivity index (χ3n) is 3.39. The maximum atomic E-state index is 12.2. The highest BCUT2D eigenvalue weighted by molar-refractivity contribution is 7.73. The summed E-state index contributed by atoms with van der Waals surface area (Å²) in [4.78, 5) is 16.8. The maximum Gasteiger partial charge on any atom is 0.277 e. The fraction of sp³-hybridized carbons (Fsp3) is 0.188. The number of thiazole rings is 1. The lowest BCUT2D eigenvalue weighted by atomic mass is 10.1. The molecule has 0 aliphatic carbocycles. The summed E-state index contributed by atoms with van der Waals surface area (Å²) in [6, 6.07) is 5.39. The molecular formula is C16H14N2O3S2. The molecule has 0 saturated carbocycles. The summed E-state index contributed by atoms with van der Waals surface area (Å²) >= 11 is 6.37. The first-order valence-corrected chi connectivity index (χ1v) is 8.20. The molecule has 1 aliphatic heterocycles. The molecule has 0 radical (unpaired) electrons. The van der Waals surface area contributed by atoms with E-state index in [0.29, 0.717) is 26.4 Å². The molecule has 0 unspecified atom stereocenters. The van der Waals surface area contributed by atoms with Gasteiger partial charge in [0.25, 0.3) is 5.91 Å². The van der Waals surface area contributed by atoms with Gasteiger partial charge in [-0.25, -0.2) is 4.99 Å². The first kappa shape index (κ1) is 15.6. The number of aromatic nitrogens is 1. The highest BCUT2D eigenvalue weighted by atomic mass is 32.1. The van der Waals surface area contributed by atoms with Crippen LogP contribution < -0.4 is 15.3 Å². The molecule has 0 saturated heterocycles. The molecular weight excluding hydrogens is 332 g/mol. The molecule has 1 aliphatic rings. The van der Waals surface area contributed by atoms with Gasteiger partial charge in [0.05, 0.1) is 16.8 Å². The molecule has 2 heterocycles. The van der Waals surface area contributed by atoms with Crippen molar-refractivity contribution in [2.75, 3.05) is 6.61 Å². The Balaban J connectivity index is 2.12. The average Bonchev–Trinajstić information content (AvgIpc) is 2.76. The molecule has 1 aromatic carbocycles. The van der Waals surface area contributed by atoms with Gasteiger partial charge in [-0.15, -0.1) is 11.3 Å². The molecule has 0 bridgehead atoms. The minimum absolute atomic E-state index is 0.0440. The van der Waals surface area contributed by atoms with Gasteiger partial charge in [0.15, 0.2) is 3.95 Å². The molecule has 0 atom stereocenters. The van der Waals surface area contributed by atoms with E-state index in [1.165, 1.54) is 15.9 Å². The minimum atomic E-state index is -0.344. The van der Waals surface area contributed by atoms with Crippen molar-refractivity contribution in [2.24, 2.45) is 12.0 Å². The molecule has 2 aromatic rings. The van der Waals surface area contributed by atoms with E-state index in [2.05, 4.69) is 4.99 Å². The standard InChI is InChI=1S/C16H14N2O3S2/c1-3-21-11-4-5-12-9(7-11)6-10(14(19)17-12)8-13-15(20)18(2)16(22)23-13/h4-8,20H,3H2,1-2H3/b10-8+. The zero-order valence-electron chi connectivity index (χ0n) is 12.6. The van der Waals surface area contributed by atoms with Crippen molar-refractivity contribution in [3.63, 3.8) is 0 Å². The van der Waals surface area contributed by atoms with Gasteiger partial charge >= 0.3 is 0 Å². The minimum Gasteiger partial charge on any atom is -0.494 e. The van der Waals surface area contributed by atoms with E-state index < -0.39 is 0 Å². The quantitative estimate of drug-likeness (QED) is 0.681. The van der Waals surface area contributed by atoms with Crippen LogP contribution in [-0.2, 0) is 11.8 Å². The maximum absolute atomic E-state index is 12.2. The van der Waals surface area contributed by atoms with E-state index >= 15 is 0 Å². The normalized spacial score (nSPS) is 15.0. The molecule has 23 heavy (non-hydrogen) atoms. The monoisotopic (exact) mass is 346 g/mol. The van der Waals surface area contributed by atoms with Gasteiger partial charge in [0.2, 0.25) is 5.88 Å². The van der Waals surface area contributed by atoms with Gasteiger partial charge in [-0.2, -0.15) is 0 Å². The second-order valence-corrected chi connectivity index (χ2v) is 6.61. The summed E-state index contributed by atoms with van der Waals surface area (Å²) in [6.07, 6.45) is 3.35. The first-order valence-electron chi connectivity index (χ1n) is 6.97. The largest absolute Gasteiger partial charge is 0.494 e. The number of ether oxygens (including phenoxy) is 1. The van der Waals surface area contributed by atoms with Gasteiger partial charge in [0, 0.05) is 17.8 Å². The van der Waals surface area contributed by atoms with Crippen LogP contribution in [0.2, 0.25) is 0 Å². The summed E-state index contributed by atoms with van der Waals surface area (Å²) in [5, 5.41) is 11.4. The number of carbonyl (C=O) groups is 1. The van der Waals surface area contributed by atoms with Crippen molar-refractivity contribution >= 4 is 41.6 Å². The smallest absolute Gasteiger partial charge is 0.277 e. The predicted molar refractivity (Wildman–Crippen MR) is 91.6 cm³/mol.